The second kappa shape index (κ2) is 4.05. The SMILES string of the molecule is NOc1ccc2c(n1)C(N)=Cc1ccccc1O2. The molecule has 0 saturated carbocycles. The van der Waals surface area contributed by atoms with Gasteiger partial charge in [-0.05, 0) is 18.2 Å². The summed E-state index contributed by atoms with van der Waals surface area (Å²) in [5.74, 6) is 6.70. The smallest absolute Gasteiger partial charge is 0.238 e. The average Bonchev–Trinajstić information content (AvgIpc) is 2.54. The summed E-state index contributed by atoms with van der Waals surface area (Å²) in [6, 6.07) is 11.0. The van der Waals surface area contributed by atoms with E-state index in [1.165, 1.54) is 0 Å². The molecule has 2 heterocycles. The van der Waals surface area contributed by atoms with Gasteiger partial charge < -0.3 is 15.3 Å². The molecule has 5 nitrogen and oxygen atoms in total. The fourth-order valence-electron chi connectivity index (χ4n) is 1.83. The molecule has 18 heavy (non-hydrogen) atoms. The van der Waals surface area contributed by atoms with Crippen LogP contribution in [0.1, 0.15) is 11.3 Å². The largest absolute Gasteiger partial charge is 0.454 e. The molecule has 0 spiro atoms. The molecule has 0 radical (unpaired) electrons. The van der Waals surface area contributed by atoms with E-state index in [1.807, 2.05) is 30.3 Å². The Kier molecular flexibility index (Phi) is 2.39. The van der Waals surface area contributed by atoms with Crippen molar-refractivity contribution in [2.75, 3.05) is 0 Å². The van der Waals surface area contributed by atoms with Gasteiger partial charge in [0.25, 0.3) is 0 Å². The molecule has 0 aliphatic carbocycles. The number of pyridine rings is 1. The summed E-state index contributed by atoms with van der Waals surface area (Å²) in [6.07, 6.45) is 1.81. The molecule has 4 N–H and O–H groups in total. The van der Waals surface area contributed by atoms with Crippen LogP contribution in [0.5, 0.6) is 17.4 Å². The highest BCUT2D eigenvalue weighted by Gasteiger charge is 2.16. The van der Waals surface area contributed by atoms with Crippen LogP contribution < -0.4 is 21.2 Å². The third-order valence-electron chi connectivity index (χ3n) is 2.68. The number of benzene rings is 1. The molecule has 1 aromatic carbocycles. The molecular formula is C13H11N3O2. The maximum Gasteiger partial charge on any atom is 0.238 e. The minimum atomic E-state index is 0.291. The van der Waals surface area contributed by atoms with Crippen molar-refractivity contribution >= 4 is 11.8 Å². The van der Waals surface area contributed by atoms with Gasteiger partial charge in [-0.2, -0.15) is 5.90 Å². The zero-order valence-electron chi connectivity index (χ0n) is 9.46. The molecule has 5 heteroatoms. The van der Waals surface area contributed by atoms with Gasteiger partial charge in [-0.3, -0.25) is 0 Å². The van der Waals surface area contributed by atoms with Gasteiger partial charge in [-0.15, -0.1) is 0 Å². The van der Waals surface area contributed by atoms with Crippen molar-refractivity contribution in [2.24, 2.45) is 11.6 Å². The summed E-state index contributed by atoms with van der Waals surface area (Å²) in [6.45, 7) is 0. The highest BCUT2D eigenvalue weighted by Crippen LogP contribution is 2.35. The average molecular weight is 241 g/mol. The number of ether oxygens (including phenoxy) is 1. The number of fused-ring (bicyclic) bond motifs is 2. The zero-order chi connectivity index (χ0) is 12.5. The Labute approximate surface area is 104 Å². The monoisotopic (exact) mass is 241 g/mol. The highest BCUT2D eigenvalue weighted by atomic mass is 16.6. The molecule has 0 fully saturated rings. The number of nitrogens with two attached hydrogens (primary N) is 2. The standard InChI is InChI=1S/C13H11N3O2/c14-9-7-8-3-1-2-4-10(8)17-11-5-6-12(18-15)16-13(9)11/h1-7H,14-15H2. The summed E-state index contributed by atoms with van der Waals surface area (Å²) in [7, 11) is 0. The number of nitrogens with zero attached hydrogens (tertiary/aromatic N) is 1. The molecular weight excluding hydrogens is 230 g/mol. The highest BCUT2D eigenvalue weighted by molar-refractivity contribution is 5.84. The third kappa shape index (κ3) is 1.66. The van der Waals surface area contributed by atoms with Gasteiger partial charge in [0.1, 0.15) is 11.4 Å². The summed E-state index contributed by atoms with van der Waals surface area (Å²) in [5, 5.41) is 0. The van der Waals surface area contributed by atoms with Crippen LogP contribution >= 0.6 is 0 Å². The first-order valence-corrected chi connectivity index (χ1v) is 5.40. The number of rotatable bonds is 1. The Morgan fingerprint density at radius 3 is 2.72 bits per heavy atom. The summed E-state index contributed by atoms with van der Waals surface area (Å²) in [5.41, 5.74) is 7.94. The topological polar surface area (TPSA) is 83.4 Å². The van der Waals surface area contributed by atoms with Crippen molar-refractivity contribution in [1.29, 1.82) is 0 Å². The van der Waals surface area contributed by atoms with Gasteiger partial charge in [-0.25, -0.2) is 4.98 Å². The van der Waals surface area contributed by atoms with Gasteiger partial charge >= 0.3 is 0 Å². The molecule has 0 amide bonds. The minimum absolute atomic E-state index is 0.291. The molecule has 0 atom stereocenters. The van der Waals surface area contributed by atoms with Crippen LogP contribution in [0.25, 0.3) is 11.8 Å². The van der Waals surface area contributed by atoms with E-state index in [9.17, 15) is 0 Å². The second-order valence-corrected chi connectivity index (χ2v) is 3.85. The quantitative estimate of drug-likeness (QED) is 0.745. The molecule has 1 aliphatic heterocycles. The van der Waals surface area contributed by atoms with Gasteiger partial charge in [0, 0.05) is 11.6 Å². The van der Waals surface area contributed by atoms with Gasteiger partial charge in [-0.1, -0.05) is 18.2 Å². The van der Waals surface area contributed by atoms with Crippen LogP contribution in [0.2, 0.25) is 0 Å². The zero-order valence-corrected chi connectivity index (χ0v) is 9.46. The Balaban J connectivity index is 2.19. The summed E-state index contributed by atoms with van der Waals surface area (Å²) in [4.78, 5) is 8.79. The lowest BCUT2D eigenvalue weighted by Gasteiger charge is -2.09. The first kappa shape index (κ1) is 10.6. The number of hydrogen-bond donors (Lipinski definition) is 2. The first-order chi connectivity index (χ1) is 8.78. The maximum absolute atomic E-state index is 6.01. The second-order valence-electron chi connectivity index (χ2n) is 3.85. The fraction of sp³-hybridized carbons (Fsp3) is 0. The maximum atomic E-state index is 6.01. The fourth-order valence-corrected chi connectivity index (χ4v) is 1.83. The summed E-state index contributed by atoms with van der Waals surface area (Å²) < 4.78 is 5.78. The molecule has 3 rings (SSSR count). The van der Waals surface area contributed by atoms with Crippen molar-refractivity contribution in [1.82, 2.24) is 4.98 Å². The van der Waals surface area contributed by atoms with E-state index in [-0.39, 0.29) is 0 Å². The lowest BCUT2D eigenvalue weighted by Crippen LogP contribution is -2.07. The molecule has 1 aliphatic rings. The van der Waals surface area contributed by atoms with Crippen LogP contribution in [0, 0.1) is 0 Å². The van der Waals surface area contributed by atoms with E-state index >= 15 is 0 Å². The normalized spacial score (nSPS) is 12.6. The van der Waals surface area contributed by atoms with Crippen LogP contribution in [-0.4, -0.2) is 4.98 Å². The Morgan fingerprint density at radius 1 is 1.06 bits per heavy atom. The molecule has 2 aromatic rings. The molecule has 90 valence electrons. The third-order valence-corrected chi connectivity index (χ3v) is 2.68. The summed E-state index contributed by atoms with van der Waals surface area (Å²) >= 11 is 0. The molecule has 0 bridgehead atoms. The lowest BCUT2D eigenvalue weighted by molar-refractivity contribution is 0.319. The van der Waals surface area contributed by atoms with Gasteiger partial charge in [0.2, 0.25) is 5.88 Å². The van der Waals surface area contributed by atoms with E-state index in [2.05, 4.69) is 9.82 Å². The minimum Gasteiger partial charge on any atom is -0.454 e. The Hall–Kier alpha value is -2.53. The van der Waals surface area contributed by atoms with E-state index < -0.39 is 0 Å². The Bertz CT molecular complexity index is 638. The first-order valence-electron chi connectivity index (χ1n) is 5.40. The van der Waals surface area contributed by atoms with E-state index in [0.29, 0.717) is 23.0 Å². The van der Waals surface area contributed by atoms with Crippen molar-refractivity contribution < 1.29 is 9.57 Å². The van der Waals surface area contributed by atoms with Crippen molar-refractivity contribution in [3.63, 3.8) is 0 Å². The van der Waals surface area contributed by atoms with Crippen molar-refractivity contribution in [3.8, 4) is 17.4 Å². The van der Waals surface area contributed by atoms with Gasteiger partial charge in [0.05, 0.1) is 5.70 Å². The number of aromatic nitrogens is 1. The number of para-hydroxylation sites is 1. The number of hydrogen-bond acceptors (Lipinski definition) is 5. The molecule has 0 saturated heterocycles. The van der Waals surface area contributed by atoms with E-state index in [1.54, 1.807) is 12.1 Å². The predicted octanol–water partition coefficient (Wildman–Crippen LogP) is 1.90. The van der Waals surface area contributed by atoms with Crippen LogP contribution in [0.15, 0.2) is 36.4 Å². The van der Waals surface area contributed by atoms with Gasteiger partial charge in [0.15, 0.2) is 5.75 Å². The molecule has 0 unspecified atom stereocenters. The Morgan fingerprint density at radius 2 is 1.89 bits per heavy atom. The van der Waals surface area contributed by atoms with E-state index in [0.717, 1.165) is 11.3 Å². The van der Waals surface area contributed by atoms with E-state index in [4.69, 9.17) is 16.4 Å². The molecule has 1 aromatic heterocycles. The van der Waals surface area contributed by atoms with Crippen molar-refractivity contribution in [2.45, 2.75) is 0 Å². The van der Waals surface area contributed by atoms with Crippen molar-refractivity contribution in [3.05, 3.63) is 47.7 Å². The lowest BCUT2D eigenvalue weighted by atomic mass is 10.1. The van der Waals surface area contributed by atoms with Crippen LogP contribution in [-0.2, 0) is 0 Å². The van der Waals surface area contributed by atoms with Crippen LogP contribution in [0.4, 0.5) is 0 Å². The predicted molar refractivity (Wildman–Crippen MR) is 67.6 cm³/mol. The van der Waals surface area contributed by atoms with Crippen LogP contribution in [0.3, 0.4) is 0 Å².